The number of epoxide rings is 2. The van der Waals surface area contributed by atoms with Gasteiger partial charge in [0.2, 0.25) is 5.91 Å². The quantitative estimate of drug-likeness (QED) is 0.459. The van der Waals surface area contributed by atoms with Crippen LogP contribution in [-0.2, 0) is 19.1 Å². The van der Waals surface area contributed by atoms with Crippen LogP contribution in [0.5, 0.6) is 0 Å². The van der Waals surface area contributed by atoms with Crippen molar-refractivity contribution in [1.82, 2.24) is 10.3 Å². The third kappa shape index (κ3) is 7.55. The Labute approximate surface area is 236 Å². The van der Waals surface area contributed by atoms with Gasteiger partial charge in [0, 0.05) is 17.7 Å². The minimum atomic E-state index is -1.19. The highest BCUT2D eigenvalue weighted by Gasteiger charge is 2.52. The smallest absolute Gasteiger partial charge is 0.223 e. The molecular formula is C30H46N2O6S. The van der Waals surface area contributed by atoms with Gasteiger partial charge in [-0.2, -0.15) is 0 Å². The third-order valence-corrected chi connectivity index (χ3v) is 9.89. The fraction of sp³-hybridized carbons (Fsp3) is 0.767. The summed E-state index contributed by atoms with van der Waals surface area (Å²) in [6, 6.07) is -0.280. The number of aryl methyl sites for hydroxylation is 1. The van der Waals surface area contributed by atoms with E-state index < -0.39 is 23.5 Å². The summed E-state index contributed by atoms with van der Waals surface area (Å²) in [5, 5.41) is 28.6. The molecule has 0 spiro atoms. The molecule has 4 heterocycles. The molecule has 3 aliphatic heterocycles. The van der Waals surface area contributed by atoms with Crippen LogP contribution in [0.1, 0.15) is 90.3 Å². The zero-order valence-corrected chi connectivity index (χ0v) is 25.1. The van der Waals surface area contributed by atoms with Crippen molar-refractivity contribution >= 4 is 29.1 Å². The summed E-state index contributed by atoms with van der Waals surface area (Å²) in [6.07, 6.45) is 4.25. The van der Waals surface area contributed by atoms with Gasteiger partial charge >= 0.3 is 0 Å². The Morgan fingerprint density at radius 2 is 1.97 bits per heavy atom. The van der Waals surface area contributed by atoms with Crippen molar-refractivity contribution in [3.8, 4) is 0 Å². The van der Waals surface area contributed by atoms with Crippen LogP contribution in [-0.4, -0.2) is 69.6 Å². The lowest BCUT2D eigenvalue weighted by Crippen LogP contribution is -2.48. The predicted molar refractivity (Wildman–Crippen MR) is 151 cm³/mol. The molecule has 1 aromatic rings. The molecule has 1 amide bonds. The molecule has 7 unspecified atom stereocenters. The maximum atomic E-state index is 13.8. The van der Waals surface area contributed by atoms with Gasteiger partial charge in [-0.15, -0.1) is 11.3 Å². The zero-order valence-electron chi connectivity index (χ0n) is 24.2. The average Bonchev–Trinajstić information content (AvgIpc) is 3.76. The molecular weight excluding hydrogens is 516 g/mol. The number of amides is 1. The lowest BCUT2D eigenvalue weighted by Gasteiger charge is -2.36. The van der Waals surface area contributed by atoms with Crippen molar-refractivity contribution < 1.29 is 29.3 Å². The number of aromatic nitrogens is 1. The second-order valence-corrected chi connectivity index (χ2v) is 13.8. The summed E-state index contributed by atoms with van der Waals surface area (Å²) >= 11 is 1.58. The van der Waals surface area contributed by atoms with Crippen molar-refractivity contribution in [3.63, 3.8) is 0 Å². The van der Waals surface area contributed by atoms with Crippen LogP contribution in [0.4, 0.5) is 0 Å². The number of hydrogen-bond acceptors (Lipinski definition) is 8. The summed E-state index contributed by atoms with van der Waals surface area (Å²) in [5.41, 5.74) is 0.359. The van der Waals surface area contributed by atoms with E-state index in [4.69, 9.17) is 9.47 Å². The number of fused-ring (bicyclic) bond motifs is 1. The molecule has 39 heavy (non-hydrogen) atoms. The first-order valence-corrected chi connectivity index (χ1v) is 15.3. The maximum absolute atomic E-state index is 13.8. The molecule has 4 rings (SSSR count). The SMILES string of the molecule is CC(=Cc1csc(C)n1)C1C[C@@H]2OC2(C)CCCC(C)C(O)C(CCC2CO2)C(=O)C(C)(C)C(O)CC(=O)N1. The molecule has 8 atom stereocenters. The molecule has 0 saturated carbocycles. The first-order valence-electron chi connectivity index (χ1n) is 14.4. The van der Waals surface area contributed by atoms with Gasteiger partial charge in [-0.05, 0) is 64.0 Å². The van der Waals surface area contributed by atoms with Crippen LogP contribution in [0, 0.1) is 24.2 Å². The molecule has 1 aromatic heterocycles. The van der Waals surface area contributed by atoms with Crippen molar-refractivity contribution in [2.75, 3.05) is 6.61 Å². The zero-order chi connectivity index (χ0) is 28.5. The topological polar surface area (TPSA) is 125 Å². The van der Waals surface area contributed by atoms with Crippen LogP contribution in [0.15, 0.2) is 11.0 Å². The van der Waals surface area contributed by atoms with Crippen LogP contribution in [0.25, 0.3) is 6.08 Å². The number of hydrogen-bond donors (Lipinski definition) is 3. The number of carbonyl (C=O) groups excluding carboxylic acids is 2. The van der Waals surface area contributed by atoms with Crippen LogP contribution in [0.3, 0.4) is 0 Å². The van der Waals surface area contributed by atoms with Crippen molar-refractivity contribution in [3.05, 3.63) is 21.7 Å². The monoisotopic (exact) mass is 562 g/mol. The maximum Gasteiger partial charge on any atom is 0.223 e. The second kappa shape index (κ2) is 12.1. The molecule has 0 radical (unpaired) electrons. The fourth-order valence-corrected chi connectivity index (χ4v) is 6.46. The van der Waals surface area contributed by atoms with Gasteiger partial charge in [0.05, 0.1) is 65.2 Å². The number of ether oxygens (including phenoxy) is 2. The first kappa shape index (κ1) is 30.3. The average molecular weight is 563 g/mol. The highest BCUT2D eigenvalue weighted by Crippen LogP contribution is 2.44. The number of aliphatic hydroxyl groups is 2. The number of aliphatic hydroxyl groups excluding tert-OH is 2. The Hall–Kier alpha value is -1.65. The molecule has 8 nitrogen and oxygen atoms in total. The van der Waals surface area contributed by atoms with Crippen molar-refractivity contribution in [2.45, 2.75) is 123 Å². The summed E-state index contributed by atoms with van der Waals surface area (Å²) in [5.74, 6) is -1.21. The second-order valence-electron chi connectivity index (χ2n) is 12.8. The molecule has 3 N–H and O–H groups in total. The minimum Gasteiger partial charge on any atom is -0.392 e. The number of Topliss-reactive ketones (excluding diaryl/α,β-unsaturated/α-hetero) is 1. The van der Waals surface area contributed by atoms with Gasteiger partial charge in [-0.3, -0.25) is 9.59 Å². The van der Waals surface area contributed by atoms with Gasteiger partial charge in [0.25, 0.3) is 0 Å². The van der Waals surface area contributed by atoms with Gasteiger partial charge in [0.1, 0.15) is 5.78 Å². The van der Waals surface area contributed by atoms with Gasteiger partial charge in [-0.25, -0.2) is 4.98 Å². The lowest BCUT2D eigenvalue weighted by molar-refractivity contribution is -0.144. The highest BCUT2D eigenvalue weighted by molar-refractivity contribution is 7.09. The van der Waals surface area contributed by atoms with Crippen molar-refractivity contribution in [2.24, 2.45) is 17.3 Å². The highest BCUT2D eigenvalue weighted by atomic mass is 32.1. The Morgan fingerprint density at radius 1 is 1.26 bits per heavy atom. The fourth-order valence-electron chi connectivity index (χ4n) is 5.89. The number of nitrogens with one attached hydrogen (secondary N) is 1. The van der Waals surface area contributed by atoms with Crippen LogP contribution in [0.2, 0.25) is 0 Å². The summed E-state index contributed by atoms with van der Waals surface area (Å²) in [4.78, 5) is 31.6. The first-order chi connectivity index (χ1) is 18.3. The Bertz CT molecular complexity index is 1070. The normalized spacial score (nSPS) is 38.2. The third-order valence-electron chi connectivity index (χ3n) is 9.10. The Balaban J connectivity index is 1.57. The molecule has 3 saturated heterocycles. The molecule has 3 fully saturated rings. The molecule has 0 bridgehead atoms. The van der Waals surface area contributed by atoms with Crippen LogP contribution < -0.4 is 5.32 Å². The number of carbonyl (C=O) groups is 2. The van der Waals surface area contributed by atoms with E-state index in [1.165, 1.54) is 0 Å². The molecule has 9 heteroatoms. The Kier molecular flexibility index (Phi) is 9.38. The summed E-state index contributed by atoms with van der Waals surface area (Å²) in [7, 11) is 0. The molecule has 3 aliphatic rings. The van der Waals surface area contributed by atoms with E-state index in [0.29, 0.717) is 25.9 Å². The van der Waals surface area contributed by atoms with E-state index in [-0.39, 0.29) is 47.9 Å². The Morgan fingerprint density at radius 3 is 2.62 bits per heavy atom. The van der Waals surface area contributed by atoms with E-state index in [2.05, 4.69) is 17.2 Å². The van der Waals surface area contributed by atoms with E-state index in [1.54, 1.807) is 25.2 Å². The number of thiazole rings is 1. The molecule has 218 valence electrons. The number of rotatable bonds is 5. The van der Waals surface area contributed by atoms with Gasteiger partial charge in [0.15, 0.2) is 0 Å². The minimum absolute atomic E-state index is 0.00527. The predicted octanol–water partition coefficient (Wildman–Crippen LogP) is 4.21. The largest absolute Gasteiger partial charge is 0.392 e. The van der Waals surface area contributed by atoms with Crippen LogP contribution >= 0.6 is 11.3 Å². The van der Waals surface area contributed by atoms with Crippen molar-refractivity contribution in [1.29, 1.82) is 0 Å². The number of nitrogens with zero attached hydrogens (tertiary/aromatic N) is 1. The summed E-state index contributed by atoms with van der Waals surface area (Å²) < 4.78 is 11.5. The lowest BCUT2D eigenvalue weighted by atomic mass is 9.70. The number of ketones is 1. The summed E-state index contributed by atoms with van der Waals surface area (Å²) in [6.45, 7) is 12.1. The molecule has 0 aliphatic carbocycles. The van der Waals surface area contributed by atoms with Gasteiger partial charge in [-0.1, -0.05) is 27.2 Å². The standard InChI is InChI=1S/C30H46N2O6S/c1-17-8-7-11-30(6)25(38-30)13-23(18(2)12-20-16-39-19(3)31-20)32-26(34)14-24(33)29(4,5)28(36)22(27(17)35)10-9-21-15-37-21/h12,16-17,21-25,27,33,35H,7-11,13-15H2,1-6H3,(H,32,34)/t17?,21?,22?,23?,24?,25-,27?,30?/m0/s1. The van der Waals surface area contributed by atoms with E-state index in [1.807, 2.05) is 32.2 Å². The van der Waals surface area contributed by atoms with E-state index in [0.717, 1.165) is 35.5 Å². The van der Waals surface area contributed by atoms with E-state index >= 15 is 0 Å². The van der Waals surface area contributed by atoms with Gasteiger partial charge < -0.3 is 25.0 Å². The molecule has 0 aromatic carbocycles. The van der Waals surface area contributed by atoms with E-state index in [9.17, 15) is 19.8 Å².